The van der Waals surface area contributed by atoms with Crippen LogP contribution in [0, 0.1) is 5.92 Å². The minimum atomic E-state index is -0.589. The molecule has 0 amide bonds. The summed E-state index contributed by atoms with van der Waals surface area (Å²) in [6.07, 6.45) is 4.69. The van der Waals surface area contributed by atoms with Crippen LogP contribution in [0.3, 0.4) is 0 Å². The highest BCUT2D eigenvalue weighted by Gasteiger charge is 2.68. The Morgan fingerprint density at radius 2 is 2.15 bits per heavy atom. The van der Waals surface area contributed by atoms with Crippen molar-refractivity contribution in [1.29, 1.82) is 0 Å². The molecule has 5 rings (SSSR count). The van der Waals surface area contributed by atoms with Gasteiger partial charge in [0.15, 0.2) is 0 Å². The Balaban J connectivity index is 1.70. The number of likely N-dealkylation sites (N-methyl/N-ethyl adjacent to an activating group) is 1. The molecule has 1 aromatic rings. The number of rotatable bonds is 3. The summed E-state index contributed by atoms with van der Waals surface area (Å²) in [5.74, 6) is 1.68. The first kappa shape index (κ1) is 17.1. The Labute approximate surface area is 160 Å². The lowest BCUT2D eigenvalue weighted by molar-refractivity contribution is -0.103. The third-order valence-corrected chi connectivity index (χ3v) is 7.20. The van der Waals surface area contributed by atoms with Crippen molar-refractivity contribution in [2.45, 2.75) is 43.1 Å². The van der Waals surface area contributed by atoms with E-state index in [1.165, 1.54) is 11.3 Å². The van der Waals surface area contributed by atoms with E-state index in [1.807, 2.05) is 6.92 Å². The number of allylic oxidation sites excluding steroid dienone is 1. The number of aliphatic hydroxyl groups is 1. The zero-order valence-corrected chi connectivity index (χ0v) is 16.3. The monoisotopic (exact) mass is 368 g/mol. The number of aliphatic hydroxyl groups excluding tert-OH is 1. The quantitative estimate of drug-likeness (QED) is 0.655. The van der Waals surface area contributed by atoms with Gasteiger partial charge in [0.2, 0.25) is 0 Å². The number of anilines is 1. The molecule has 1 saturated heterocycles. The van der Waals surface area contributed by atoms with E-state index in [2.05, 4.69) is 53.8 Å². The Hall–Kier alpha value is -1.98. The summed E-state index contributed by atoms with van der Waals surface area (Å²) in [6.45, 7) is 7.83. The van der Waals surface area contributed by atoms with Crippen LogP contribution in [0.15, 0.2) is 42.7 Å². The molecule has 0 aromatic heterocycles. The Bertz CT molecular complexity index is 822. The SMILES string of the molecule is C=C(C)OC1C(O)C2N(C)c3cc(OC)ccc3C23CCN2CC=CC1C23. The number of fused-ring (bicyclic) bond motifs is 1. The smallest absolute Gasteiger partial charge is 0.134 e. The summed E-state index contributed by atoms with van der Waals surface area (Å²) in [4.78, 5) is 4.83. The van der Waals surface area contributed by atoms with Crippen LogP contribution in [0.5, 0.6) is 5.75 Å². The maximum atomic E-state index is 11.5. The lowest BCUT2D eigenvalue weighted by atomic mass is 9.58. The van der Waals surface area contributed by atoms with Crippen molar-refractivity contribution in [3.63, 3.8) is 0 Å². The molecule has 6 atom stereocenters. The Morgan fingerprint density at radius 1 is 1.33 bits per heavy atom. The Kier molecular flexibility index (Phi) is 3.66. The van der Waals surface area contributed by atoms with Gasteiger partial charge in [-0.15, -0.1) is 0 Å². The summed E-state index contributed by atoms with van der Waals surface area (Å²) in [5, 5.41) is 11.5. The minimum absolute atomic E-state index is 0.0123. The zero-order chi connectivity index (χ0) is 18.9. The van der Waals surface area contributed by atoms with Crippen LogP contribution >= 0.6 is 0 Å². The molecule has 27 heavy (non-hydrogen) atoms. The van der Waals surface area contributed by atoms with Gasteiger partial charge in [-0.25, -0.2) is 0 Å². The average molecular weight is 368 g/mol. The predicted octanol–water partition coefficient (Wildman–Crippen LogP) is 2.31. The highest BCUT2D eigenvalue weighted by Crippen LogP contribution is 2.60. The van der Waals surface area contributed by atoms with Crippen LogP contribution in [-0.4, -0.2) is 61.5 Å². The van der Waals surface area contributed by atoms with Crippen LogP contribution < -0.4 is 9.64 Å². The lowest BCUT2D eigenvalue weighted by Crippen LogP contribution is -2.69. The van der Waals surface area contributed by atoms with Gasteiger partial charge in [-0.1, -0.05) is 24.8 Å². The largest absolute Gasteiger partial charge is 0.497 e. The summed E-state index contributed by atoms with van der Waals surface area (Å²) in [6, 6.07) is 6.71. The van der Waals surface area contributed by atoms with Gasteiger partial charge >= 0.3 is 0 Å². The van der Waals surface area contributed by atoms with E-state index in [9.17, 15) is 5.11 Å². The lowest BCUT2D eigenvalue weighted by Gasteiger charge is -2.55. The molecule has 5 nitrogen and oxygen atoms in total. The van der Waals surface area contributed by atoms with E-state index < -0.39 is 6.10 Å². The van der Waals surface area contributed by atoms with Crippen molar-refractivity contribution in [1.82, 2.24) is 4.90 Å². The van der Waals surface area contributed by atoms with Crippen LogP contribution in [0.25, 0.3) is 0 Å². The first-order valence-electron chi connectivity index (χ1n) is 9.81. The molecule has 5 heteroatoms. The van der Waals surface area contributed by atoms with Crippen molar-refractivity contribution < 1.29 is 14.6 Å². The fourth-order valence-electron chi connectivity index (χ4n) is 6.40. The third-order valence-electron chi connectivity index (χ3n) is 7.20. The van der Waals surface area contributed by atoms with E-state index in [1.54, 1.807) is 7.11 Å². The molecule has 1 spiro atoms. The molecule has 3 heterocycles. The van der Waals surface area contributed by atoms with Crippen LogP contribution in [0.4, 0.5) is 5.69 Å². The van der Waals surface area contributed by atoms with Crippen LogP contribution in [0.1, 0.15) is 18.9 Å². The first-order chi connectivity index (χ1) is 13.0. The minimum Gasteiger partial charge on any atom is -0.497 e. The van der Waals surface area contributed by atoms with Crippen LogP contribution in [-0.2, 0) is 10.2 Å². The third kappa shape index (κ3) is 2.07. The van der Waals surface area contributed by atoms with Crippen molar-refractivity contribution >= 4 is 5.69 Å². The van der Waals surface area contributed by atoms with Gasteiger partial charge in [-0.2, -0.15) is 0 Å². The van der Waals surface area contributed by atoms with E-state index in [0.29, 0.717) is 11.8 Å². The maximum absolute atomic E-state index is 11.5. The fraction of sp³-hybridized carbons (Fsp3) is 0.545. The summed E-state index contributed by atoms with van der Waals surface area (Å²) < 4.78 is 11.6. The molecule has 1 N–H and O–H groups in total. The van der Waals surface area contributed by atoms with Crippen molar-refractivity contribution in [2.24, 2.45) is 5.92 Å². The van der Waals surface area contributed by atoms with Crippen molar-refractivity contribution in [3.8, 4) is 5.75 Å². The number of benzene rings is 1. The van der Waals surface area contributed by atoms with Gasteiger partial charge < -0.3 is 19.5 Å². The van der Waals surface area contributed by atoms with Gasteiger partial charge in [0.25, 0.3) is 0 Å². The highest BCUT2D eigenvalue weighted by atomic mass is 16.5. The van der Waals surface area contributed by atoms with Crippen molar-refractivity contribution in [2.75, 3.05) is 32.1 Å². The van der Waals surface area contributed by atoms with E-state index in [4.69, 9.17) is 9.47 Å². The molecule has 144 valence electrons. The van der Waals surface area contributed by atoms with E-state index in [0.717, 1.165) is 25.3 Å². The molecule has 1 saturated carbocycles. The number of methoxy groups -OCH3 is 1. The van der Waals surface area contributed by atoms with Gasteiger partial charge in [0, 0.05) is 42.7 Å². The molecule has 1 aliphatic carbocycles. The highest BCUT2D eigenvalue weighted by molar-refractivity contribution is 5.69. The number of hydrogen-bond donors (Lipinski definition) is 1. The fourth-order valence-corrected chi connectivity index (χ4v) is 6.40. The summed E-state index contributed by atoms with van der Waals surface area (Å²) in [5.41, 5.74) is 2.43. The van der Waals surface area contributed by atoms with E-state index in [-0.39, 0.29) is 23.5 Å². The number of nitrogens with zero attached hydrogens (tertiary/aromatic N) is 2. The number of ether oxygens (including phenoxy) is 2. The Morgan fingerprint density at radius 3 is 2.89 bits per heavy atom. The first-order valence-corrected chi connectivity index (χ1v) is 9.81. The van der Waals surface area contributed by atoms with Gasteiger partial charge in [-0.05, 0) is 31.5 Å². The molecular weight excluding hydrogens is 340 g/mol. The number of hydrogen-bond acceptors (Lipinski definition) is 5. The average Bonchev–Trinajstić information content (AvgIpc) is 3.16. The second-order valence-electron chi connectivity index (χ2n) is 8.45. The second-order valence-corrected chi connectivity index (χ2v) is 8.45. The van der Waals surface area contributed by atoms with Gasteiger partial charge in [-0.3, -0.25) is 4.90 Å². The summed E-state index contributed by atoms with van der Waals surface area (Å²) >= 11 is 0. The van der Waals surface area contributed by atoms with Gasteiger partial charge in [0.05, 0.1) is 18.9 Å². The molecule has 4 aliphatic rings. The van der Waals surface area contributed by atoms with Gasteiger partial charge in [0.1, 0.15) is 18.0 Å². The predicted molar refractivity (Wildman–Crippen MR) is 105 cm³/mol. The molecule has 0 bridgehead atoms. The second kappa shape index (κ2) is 5.76. The normalized spacial score (nSPS) is 39.0. The molecule has 2 fully saturated rings. The maximum Gasteiger partial charge on any atom is 0.134 e. The summed E-state index contributed by atoms with van der Waals surface area (Å²) in [7, 11) is 3.80. The zero-order valence-electron chi connectivity index (χ0n) is 16.3. The molecule has 6 unspecified atom stereocenters. The standard InChI is InChI=1S/C22H28N2O3/c1-13(2)27-19-15-6-5-10-24-11-9-22(20(15)24)16-8-7-14(26-4)12-17(16)23(3)21(22)18(19)25/h5-8,12,15,18-21,25H,1,9-11H2,2-4H3. The topological polar surface area (TPSA) is 45.2 Å². The van der Waals surface area contributed by atoms with Crippen LogP contribution in [0.2, 0.25) is 0 Å². The molecule has 0 radical (unpaired) electrons. The van der Waals surface area contributed by atoms with E-state index >= 15 is 0 Å². The van der Waals surface area contributed by atoms with Crippen molar-refractivity contribution in [3.05, 3.63) is 48.3 Å². The molecule has 1 aromatic carbocycles. The molecular formula is C22H28N2O3. The molecule has 3 aliphatic heterocycles.